The van der Waals surface area contributed by atoms with Crippen molar-refractivity contribution in [1.29, 1.82) is 0 Å². The molecule has 0 unspecified atom stereocenters. The molecule has 0 aliphatic heterocycles. The van der Waals surface area contributed by atoms with Crippen molar-refractivity contribution in [1.82, 2.24) is 4.98 Å². The minimum Gasteiger partial charge on any atom is -0.397 e. The van der Waals surface area contributed by atoms with Gasteiger partial charge >= 0.3 is 0 Å². The standard InChI is InChI=1S/C8H10N2O/c9-8-4-7(2-1-3-11)5-10-6-8/h1-2,4-6,11H,3,9H2. The predicted octanol–water partition coefficient (Wildman–Crippen LogP) is 0.669. The van der Waals surface area contributed by atoms with E-state index in [-0.39, 0.29) is 6.61 Å². The van der Waals surface area contributed by atoms with Crippen LogP contribution in [-0.4, -0.2) is 16.7 Å². The molecule has 0 aromatic carbocycles. The fraction of sp³-hybridized carbons (Fsp3) is 0.125. The number of hydrogen-bond acceptors (Lipinski definition) is 3. The molecule has 1 aromatic rings. The molecule has 0 bridgehead atoms. The Morgan fingerprint density at radius 3 is 3.00 bits per heavy atom. The molecule has 11 heavy (non-hydrogen) atoms. The number of hydrogen-bond donors (Lipinski definition) is 2. The summed E-state index contributed by atoms with van der Waals surface area (Å²) in [6.45, 7) is 0.0365. The Morgan fingerprint density at radius 2 is 2.36 bits per heavy atom. The SMILES string of the molecule is Nc1cncc(C=CCO)c1. The Kier molecular flexibility index (Phi) is 2.63. The highest BCUT2D eigenvalue weighted by atomic mass is 16.2. The van der Waals surface area contributed by atoms with E-state index in [9.17, 15) is 0 Å². The Labute approximate surface area is 65.2 Å². The van der Waals surface area contributed by atoms with Crippen LogP contribution in [0.3, 0.4) is 0 Å². The summed E-state index contributed by atoms with van der Waals surface area (Å²) in [5, 5.41) is 8.46. The molecule has 0 saturated heterocycles. The van der Waals surface area contributed by atoms with E-state index in [2.05, 4.69) is 4.98 Å². The van der Waals surface area contributed by atoms with E-state index in [0.29, 0.717) is 5.69 Å². The maximum atomic E-state index is 8.46. The van der Waals surface area contributed by atoms with Crippen LogP contribution in [0.1, 0.15) is 5.56 Å². The smallest absolute Gasteiger partial charge is 0.0615 e. The van der Waals surface area contributed by atoms with Crippen LogP contribution in [0.4, 0.5) is 5.69 Å². The van der Waals surface area contributed by atoms with E-state index in [4.69, 9.17) is 10.8 Å². The third kappa shape index (κ3) is 2.39. The molecule has 0 saturated carbocycles. The van der Waals surface area contributed by atoms with Crippen LogP contribution in [0.25, 0.3) is 6.08 Å². The van der Waals surface area contributed by atoms with Crippen molar-refractivity contribution in [2.75, 3.05) is 12.3 Å². The van der Waals surface area contributed by atoms with Gasteiger partial charge in [-0.15, -0.1) is 0 Å². The number of nitrogen functional groups attached to an aromatic ring is 1. The van der Waals surface area contributed by atoms with Gasteiger partial charge < -0.3 is 10.8 Å². The van der Waals surface area contributed by atoms with Crippen molar-refractivity contribution in [3.05, 3.63) is 30.1 Å². The van der Waals surface area contributed by atoms with E-state index < -0.39 is 0 Å². The Balaban J connectivity index is 2.79. The summed E-state index contributed by atoms with van der Waals surface area (Å²) < 4.78 is 0. The Morgan fingerprint density at radius 1 is 1.55 bits per heavy atom. The van der Waals surface area contributed by atoms with Gasteiger partial charge in [0.1, 0.15) is 0 Å². The first-order chi connectivity index (χ1) is 5.33. The summed E-state index contributed by atoms with van der Waals surface area (Å²) in [5.74, 6) is 0. The summed E-state index contributed by atoms with van der Waals surface area (Å²) in [6.07, 6.45) is 6.67. The van der Waals surface area contributed by atoms with Crippen molar-refractivity contribution < 1.29 is 5.11 Å². The molecule has 0 spiro atoms. The van der Waals surface area contributed by atoms with Crippen LogP contribution < -0.4 is 5.73 Å². The molecular weight excluding hydrogens is 140 g/mol. The largest absolute Gasteiger partial charge is 0.397 e. The van der Waals surface area contributed by atoms with Crippen LogP contribution in [0.2, 0.25) is 0 Å². The van der Waals surface area contributed by atoms with E-state index >= 15 is 0 Å². The van der Waals surface area contributed by atoms with Gasteiger partial charge in [0.2, 0.25) is 0 Å². The lowest BCUT2D eigenvalue weighted by Gasteiger charge is -1.93. The second-order valence-electron chi connectivity index (χ2n) is 2.14. The number of aliphatic hydroxyl groups is 1. The van der Waals surface area contributed by atoms with Crippen molar-refractivity contribution in [3.63, 3.8) is 0 Å². The second-order valence-corrected chi connectivity index (χ2v) is 2.14. The van der Waals surface area contributed by atoms with Gasteiger partial charge in [-0.3, -0.25) is 4.98 Å². The van der Waals surface area contributed by atoms with Crippen LogP contribution in [-0.2, 0) is 0 Å². The fourth-order valence-corrected chi connectivity index (χ4v) is 0.756. The number of nitrogens with two attached hydrogens (primary N) is 1. The van der Waals surface area contributed by atoms with Crippen LogP contribution >= 0.6 is 0 Å². The highest BCUT2D eigenvalue weighted by molar-refractivity contribution is 5.53. The summed E-state index contributed by atoms with van der Waals surface area (Å²) in [6, 6.07) is 1.79. The summed E-state index contributed by atoms with van der Waals surface area (Å²) >= 11 is 0. The van der Waals surface area contributed by atoms with E-state index in [0.717, 1.165) is 5.56 Å². The molecule has 0 aliphatic carbocycles. The Bertz CT molecular complexity index is 258. The van der Waals surface area contributed by atoms with Gasteiger partial charge in [0.25, 0.3) is 0 Å². The summed E-state index contributed by atoms with van der Waals surface area (Å²) in [4.78, 5) is 3.88. The molecule has 1 aromatic heterocycles. The second kappa shape index (κ2) is 3.73. The quantitative estimate of drug-likeness (QED) is 0.651. The zero-order valence-corrected chi connectivity index (χ0v) is 6.07. The molecule has 0 atom stereocenters. The minimum absolute atomic E-state index is 0.0365. The Hall–Kier alpha value is -1.35. The molecule has 3 heteroatoms. The number of aromatic nitrogens is 1. The first-order valence-corrected chi connectivity index (χ1v) is 3.31. The van der Waals surface area contributed by atoms with Gasteiger partial charge in [-0.25, -0.2) is 0 Å². The molecule has 58 valence electrons. The lowest BCUT2D eigenvalue weighted by Crippen LogP contribution is -1.86. The van der Waals surface area contributed by atoms with Crippen molar-refractivity contribution >= 4 is 11.8 Å². The molecule has 1 heterocycles. The predicted molar refractivity (Wildman–Crippen MR) is 44.8 cm³/mol. The molecular formula is C8H10N2O. The zero-order chi connectivity index (χ0) is 8.10. The molecule has 1 rings (SSSR count). The number of rotatable bonds is 2. The van der Waals surface area contributed by atoms with Crippen molar-refractivity contribution in [2.45, 2.75) is 0 Å². The number of anilines is 1. The van der Waals surface area contributed by atoms with Gasteiger partial charge in [-0.1, -0.05) is 12.2 Å². The molecule has 0 fully saturated rings. The normalized spacial score (nSPS) is 10.6. The summed E-state index contributed by atoms with van der Waals surface area (Å²) in [7, 11) is 0. The highest BCUT2D eigenvalue weighted by Gasteiger charge is 1.86. The maximum Gasteiger partial charge on any atom is 0.0615 e. The molecule has 3 nitrogen and oxygen atoms in total. The van der Waals surface area contributed by atoms with Gasteiger partial charge in [-0.2, -0.15) is 0 Å². The maximum absolute atomic E-state index is 8.46. The average molecular weight is 150 g/mol. The topological polar surface area (TPSA) is 59.1 Å². The fourth-order valence-electron chi connectivity index (χ4n) is 0.756. The average Bonchev–Trinajstić information content (AvgIpc) is 2.01. The van der Waals surface area contributed by atoms with Crippen molar-refractivity contribution in [3.8, 4) is 0 Å². The number of pyridine rings is 1. The van der Waals surface area contributed by atoms with Gasteiger partial charge in [0.05, 0.1) is 12.3 Å². The first-order valence-electron chi connectivity index (χ1n) is 3.31. The van der Waals surface area contributed by atoms with Crippen LogP contribution in [0, 0.1) is 0 Å². The zero-order valence-electron chi connectivity index (χ0n) is 6.07. The molecule has 3 N–H and O–H groups in total. The third-order valence-electron chi connectivity index (χ3n) is 1.20. The number of nitrogens with zero attached hydrogens (tertiary/aromatic N) is 1. The summed E-state index contributed by atoms with van der Waals surface area (Å²) in [5.41, 5.74) is 7.00. The highest BCUT2D eigenvalue weighted by Crippen LogP contribution is 2.04. The monoisotopic (exact) mass is 150 g/mol. The van der Waals surface area contributed by atoms with Gasteiger partial charge in [0, 0.05) is 12.4 Å². The van der Waals surface area contributed by atoms with Crippen molar-refractivity contribution in [2.24, 2.45) is 0 Å². The minimum atomic E-state index is 0.0365. The number of aliphatic hydroxyl groups excluding tert-OH is 1. The van der Waals surface area contributed by atoms with Gasteiger partial charge in [-0.05, 0) is 11.6 Å². The van der Waals surface area contributed by atoms with E-state index in [1.807, 2.05) is 0 Å². The molecule has 0 amide bonds. The lowest BCUT2D eigenvalue weighted by molar-refractivity contribution is 0.343. The third-order valence-corrected chi connectivity index (χ3v) is 1.20. The molecule has 0 aliphatic rings. The molecule has 0 radical (unpaired) electrons. The lowest BCUT2D eigenvalue weighted by atomic mass is 10.2. The van der Waals surface area contributed by atoms with E-state index in [1.165, 1.54) is 0 Å². The van der Waals surface area contributed by atoms with Gasteiger partial charge in [0.15, 0.2) is 0 Å². The first kappa shape index (κ1) is 7.75. The van der Waals surface area contributed by atoms with Crippen LogP contribution in [0.5, 0.6) is 0 Å². The van der Waals surface area contributed by atoms with E-state index in [1.54, 1.807) is 30.6 Å². The van der Waals surface area contributed by atoms with Crippen LogP contribution in [0.15, 0.2) is 24.5 Å².